The number of halogens is 1. The van der Waals surface area contributed by atoms with Crippen LogP contribution in [0.2, 0.25) is 0 Å². The Morgan fingerprint density at radius 3 is 1.62 bits per heavy atom. The second-order valence-corrected chi connectivity index (χ2v) is 4.85. The molecule has 1 rings (SSSR count). The SMILES string of the molecule is CC(C)c1cccc(C(C)C)c1Br. The summed E-state index contributed by atoms with van der Waals surface area (Å²) in [5.74, 6) is 1.18. The maximum Gasteiger partial charge on any atom is 0.0244 e. The zero-order valence-electron chi connectivity index (χ0n) is 8.76. The molecule has 0 N–H and O–H groups in total. The topological polar surface area (TPSA) is 0 Å². The molecule has 0 saturated carbocycles. The molecule has 13 heavy (non-hydrogen) atoms. The van der Waals surface area contributed by atoms with E-state index in [0.717, 1.165) is 0 Å². The molecule has 0 radical (unpaired) electrons. The molecular formula is C12H17Br. The Bertz CT molecular complexity index is 261. The predicted molar refractivity (Wildman–Crippen MR) is 62.3 cm³/mol. The van der Waals surface area contributed by atoms with Crippen molar-refractivity contribution < 1.29 is 0 Å². The molecule has 1 heteroatoms. The number of rotatable bonds is 2. The van der Waals surface area contributed by atoms with Gasteiger partial charge in [-0.05, 0) is 23.0 Å². The van der Waals surface area contributed by atoms with Crippen molar-refractivity contribution in [2.24, 2.45) is 0 Å². The summed E-state index contributed by atoms with van der Waals surface area (Å²) in [5.41, 5.74) is 2.82. The first-order valence-electron chi connectivity index (χ1n) is 4.82. The first-order valence-corrected chi connectivity index (χ1v) is 5.61. The van der Waals surface area contributed by atoms with E-state index in [-0.39, 0.29) is 0 Å². The Hall–Kier alpha value is -0.300. The normalized spacial score (nSPS) is 11.3. The van der Waals surface area contributed by atoms with Gasteiger partial charge in [0.2, 0.25) is 0 Å². The molecule has 1 aromatic rings. The minimum absolute atomic E-state index is 0.591. The van der Waals surface area contributed by atoms with Gasteiger partial charge in [-0.15, -0.1) is 0 Å². The molecule has 0 unspecified atom stereocenters. The monoisotopic (exact) mass is 240 g/mol. The highest BCUT2D eigenvalue weighted by Gasteiger charge is 2.10. The lowest BCUT2D eigenvalue weighted by molar-refractivity contribution is 0.824. The summed E-state index contributed by atoms with van der Waals surface area (Å²) in [6, 6.07) is 6.54. The van der Waals surface area contributed by atoms with Crippen LogP contribution in [0.15, 0.2) is 22.7 Å². The molecule has 0 spiro atoms. The van der Waals surface area contributed by atoms with Crippen LogP contribution < -0.4 is 0 Å². The summed E-state index contributed by atoms with van der Waals surface area (Å²) >= 11 is 3.68. The van der Waals surface area contributed by atoms with Crippen molar-refractivity contribution in [3.63, 3.8) is 0 Å². The highest BCUT2D eigenvalue weighted by molar-refractivity contribution is 9.10. The molecule has 0 aliphatic carbocycles. The standard InChI is InChI=1S/C12H17Br/c1-8(2)10-6-5-7-11(9(3)4)12(10)13/h5-9H,1-4H3. The van der Waals surface area contributed by atoms with Crippen LogP contribution in [-0.2, 0) is 0 Å². The second kappa shape index (κ2) is 4.28. The molecule has 0 aliphatic heterocycles. The zero-order valence-corrected chi connectivity index (χ0v) is 10.4. The Morgan fingerprint density at radius 1 is 0.923 bits per heavy atom. The van der Waals surface area contributed by atoms with Crippen LogP contribution in [0.25, 0.3) is 0 Å². The number of hydrogen-bond acceptors (Lipinski definition) is 0. The molecule has 72 valence electrons. The molecule has 0 amide bonds. The van der Waals surface area contributed by atoms with Crippen LogP contribution >= 0.6 is 15.9 Å². The third-order valence-electron chi connectivity index (χ3n) is 2.30. The van der Waals surface area contributed by atoms with Crippen molar-refractivity contribution in [2.75, 3.05) is 0 Å². The van der Waals surface area contributed by atoms with E-state index in [1.807, 2.05) is 0 Å². The van der Waals surface area contributed by atoms with E-state index in [2.05, 4.69) is 61.8 Å². The summed E-state index contributed by atoms with van der Waals surface area (Å²) in [4.78, 5) is 0. The fourth-order valence-corrected chi connectivity index (χ4v) is 2.64. The van der Waals surface area contributed by atoms with Crippen molar-refractivity contribution in [1.82, 2.24) is 0 Å². The van der Waals surface area contributed by atoms with Gasteiger partial charge in [0.05, 0.1) is 0 Å². The molecule has 1 aromatic carbocycles. The third kappa shape index (κ3) is 2.34. The Balaban J connectivity index is 3.18. The third-order valence-corrected chi connectivity index (χ3v) is 3.22. The lowest BCUT2D eigenvalue weighted by Gasteiger charge is -2.14. The quantitative estimate of drug-likeness (QED) is 0.704. The molecule has 0 fully saturated rings. The van der Waals surface area contributed by atoms with Crippen LogP contribution in [0, 0.1) is 0 Å². The Kier molecular flexibility index (Phi) is 3.55. The number of hydrogen-bond donors (Lipinski definition) is 0. The molecule has 0 saturated heterocycles. The van der Waals surface area contributed by atoms with Crippen LogP contribution in [0.4, 0.5) is 0 Å². The molecular weight excluding hydrogens is 224 g/mol. The molecule has 0 aromatic heterocycles. The van der Waals surface area contributed by atoms with E-state index in [1.54, 1.807) is 0 Å². The fraction of sp³-hybridized carbons (Fsp3) is 0.500. The first-order chi connectivity index (χ1) is 6.04. The van der Waals surface area contributed by atoms with Gasteiger partial charge in [0, 0.05) is 4.47 Å². The molecule has 0 heterocycles. The zero-order chi connectivity index (χ0) is 10.0. The van der Waals surface area contributed by atoms with Gasteiger partial charge in [-0.2, -0.15) is 0 Å². The summed E-state index contributed by atoms with van der Waals surface area (Å²) < 4.78 is 1.29. The van der Waals surface area contributed by atoms with Crippen molar-refractivity contribution in [2.45, 2.75) is 39.5 Å². The minimum atomic E-state index is 0.591. The highest BCUT2D eigenvalue weighted by atomic mass is 79.9. The Morgan fingerprint density at radius 2 is 1.31 bits per heavy atom. The average molecular weight is 241 g/mol. The maximum absolute atomic E-state index is 3.68. The van der Waals surface area contributed by atoms with Gasteiger partial charge in [0.25, 0.3) is 0 Å². The van der Waals surface area contributed by atoms with Gasteiger partial charge >= 0.3 is 0 Å². The van der Waals surface area contributed by atoms with Gasteiger partial charge in [0.15, 0.2) is 0 Å². The lowest BCUT2D eigenvalue weighted by atomic mass is 9.96. The predicted octanol–water partition coefficient (Wildman–Crippen LogP) is 4.70. The van der Waals surface area contributed by atoms with E-state index >= 15 is 0 Å². The van der Waals surface area contributed by atoms with Gasteiger partial charge in [-0.1, -0.05) is 61.8 Å². The summed E-state index contributed by atoms with van der Waals surface area (Å²) in [7, 11) is 0. The highest BCUT2D eigenvalue weighted by Crippen LogP contribution is 2.31. The van der Waals surface area contributed by atoms with Gasteiger partial charge in [-0.3, -0.25) is 0 Å². The van der Waals surface area contributed by atoms with Crippen LogP contribution in [0.1, 0.15) is 50.7 Å². The smallest absolute Gasteiger partial charge is 0.0244 e. The van der Waals surface area contributed by atoms with E-state index in [9.17, 15) is 0 Å². The number of benzene rings is 1. The first kappa shape index (κ1) is 10.8. The lowest BCUT2D eigenvalue weighted by Crippen LogP contribution is -1.95. The van der Waals surface area contributed by atoms with Crippen molar-refractivity contribution >= 4 is 15.9 Å². The van der Waals surface area contributed by atoms with Crippen molar-refractivity contribution in [1.29, 1.82) is 0 Å². The van der Waals surface area contributed by atoms with Crippen LogP contribution in [-0.4, -0.2) is 0 Å². The summed E-state index contributed by atoms with van der Waals surface area (Å²) in [6.45, 7) is 8.91. The average Bonchev–Trinajstić information content (AvgIpc) is 2.03. The minimum Gasteiger partial charge on any atom is -0.0616 e. The van der Waals surface area contributed by atoms with Gasteiger partial charge < -0.3 is 0 Å². The molecule has 0 bridgehead atoms. The summed E-state index contributed by atoms with van der Waals surface area (Å²) in [5, 5.41) is 0. The maximum atomic E-state index is 3.68. The molecule has 0 atom stereocenters. The van der Waals surface area contributed by atoms with Crippen LogP contribution in [0.5, 0.6) is 0 Å². The molecule has 0 nitrogen and oxygen atoms in total. The van der Waals surface area contributed by atoms with E-state index < -0.39 is 0 Å². The van der Waals surface area contributed by atoms with Crippen molar-refractivity contribution in [3.8, 4) is 0 Å². The van der Waals surface area contributed by atoms with E-state index in [0.29, 0.717) is 11.8 Å². The van der Waals surface area contributed by atoms with E-state index in [4.69, 9.17) is 0 Å². The molecule has 0 aliphatic rings. The largest absolute Gasteiger partial charge is 0.0616 e. The van der Waals surface area contributed by atoms with Crippen molar-refractivity contribution in [3.05, 3.63) is 33.8 Å². The second-order valence-electron chi connectivity index (χ2n) is 4.06. The Labute approximate surface area is 89.5 Å². The van der Waals surface area contributed by atoms with Gasteiger partial charge in [0.1, 0.15) is 0 Å². The summed E-state index contributed by atoms with van der Waals surface area (Å²) in [6.07, 6.45) is 0. The van der Waals surface area contributed by atoms with Crippen LogP contribution in [0.3, 0.4) is 0 Å². The van der Waals surface area contributed by atoms with Gasteiger partial charge in [-0.25, -0.2) is 0 Å². The fourth-order valence-electron chi connectivity index (χ4n) is 1.46. The van der Waals surface area contributed by atoms with E-state index in [1.165, 1.54) is 15.6 Å².